The van der Waals surface area contributed by atoms with Crippen LogP contribution in [0.25, 0.3) is 0 Å². The highest BCUT2D eigenvalue weighted by molar-refractivity contribution is 5.43. The fourth-order valence-electron chi connectivity index (χ4n) is 3.55. The van der Waals surface area contributed by atoms with Gasteiger partial charge in [-0.3, -0.25) is 0 Å². The van der Waals surface area contributed by atoms with Gasteiger partial charge in [-0.1, -0.05) is 25.7 Å². The molecule has 1 unspecified atom stereocenters. The summed E-state index contributed by atoms with van der Waals surface area (Å²) in [6, 6.07) is 5.73. The summed E-state index contributed by atoms with van der Waals surface area (Å²) in [6.07, 6.45) is 8.23. The van der Waals surface area contributed by atoms with E-state index in [2.05, 4.69) is 0 Å². The van der Waals surface area contributed by atoms with Gasteiger partial charge in [0.05, 0.1) is 13.2 Å². The summed E-state index contributed by atoms with van der Waals surface area (Å²) in [5, 5.41) is 10.4. The van der Waals surface area contributed by atoms with Crippen LogP contribution in [0.4, 0.5) is 0 Å². The van der Waals surface area contributed by atoms with E-state index in [0.29, 0.717) is 12.3 Å². The van der Waals surface area contributed by atoms with Gasteiger partial charge in [0.1, 0.15) is 17.6 Å². The Morgan fingerprint density at radius 2 is 1.90 bits per heavy atom. The molecule has 3 heteroatoms. The van der Waals surface area contributed by atoms with E-state index >= 15 is 0 Å². The number of aliphatic hydroxyl groups is 1. The number of hydrogen-bond acceptors (Lipinski definition) is 3. The highest BCUT2D eigenvalue weighted by Gasteiger charge is 2.32. The summed E-state index contributed by atoms with van der Waals surface area (Å²) in [5.41, 5.74) is 0.870. The van der Waals surface area contributed by atoms with Crippen LogP contribution in [0.5, 0.6) is 11.5 Å². The minimum absolute atomic E-state index is 0.170. The van der Waals surface area contributed by atoms with Crippen molar-refractivity contribution in [3.63, 3.8) is 0 Å². The van der Waals surface area contributed by atoms with Crippen molar-refractivity contribution in [2.45, 2.75) is 57.2 Å². The zero-order chi connectivity index (χ0) is 13.9. The van der Waals surface area contributed by atoms with Crippen LogP contribution in [0.2, 0.25) is 0 Å². The summed E-state index contributed by atoms with van der Waals surface area (Å²) < 4.78 is 11.4. The van der Waals surface area contributed by atoms with Crippen molar-refractivity contribution in [3.8, 4) is 11.5 Å². The molecule has 0 bridgehead atoms. The van der Waals surface area contributed by atoms with Crippen molar-refractivity contribution in [1.82, 2.24) is 0 Å². The molecule has 0 saturated heterocycles. The lowest BCUT2D eigenvalue weighted by atomic mass is 9.87. The first kappa shape index (κ1) is 13.7. The quantitative estimate of drug-likeness (QED) is 0.834. The third-order valence-corrected chi connectivity index (χ3v) is 4.74. The summed E-state index contributed by atoms with van der Waals surface area (Å²) in [5.74, 6) is 2.21. The number of ether oxygens (including phenoxy) is 2. The molecule has 0 radical (unpaired) electrons. The Hall–Kier alpha value is -1.22. The van der Waals surface area contributed by atoms with Crippen LogP contribution < -0.4 is 9.47 Å². The lowest BCUT2D eigenvalue weighted by molar-refractivity contribution is 0.0295. The fraction of sp³-hybridized carbons (Fsp3) is 0.647. The lowest BCUT2D eigenvalue weighted by Crippen LogP contribution is -2.32. The number of methoxy groups -OCH3 is 1. The van der Waals surface area contributed by atoms with Crippen LogP contribution in [-0.2, 0) is 0 Å². The van der Waals surface area contributed by atoms with Gasteiger partial charge in [-0.15, -0.1) is 0 Å². The molecule has 1 aliphatic carbocycles. The van der Waals surface area contributed by atoms with E-state index < -0.39 is 6.10 Å². The topological polar surface area (TPSA) is 38.7 Å². The molecule has 3 nitrogen and oxygen atoms in total. The Balaban J connectivity index is 1.77. The number of fused-ring (bicyclic) bond motifs is 1. The first-order valence-electron chi connectivity index (χ1n) is 7.80. The van der Waals surface area contributed by atoms with Crippen LogP contribution in [0.3, 0.4) is 0 Å². The highest BCUT2D eigenvalue weighted by Crippen LogP contribution is 2.41. The largest absolute Gasteiger partial charge is 0.497 e. The number of hydrogen-bond donors (Lipinski definition) is 1. The van der Waals surface area contributed by atoms with Crippen molar-refractivity contribution in [1.29, 1.82) is 0 Å². The second-order valence-electron chi connectivity index (χ2n) is 6.06. The maximum atomic E-state index is 10.4. The van der Waals surface area contributed by atoms with E-state index in [-0.39, 0.29) is 6.10 Å². The SMILES string of the molecule is COc1ccc2c(c1)[C@H](O)CC(C1CCCCCC1)O2. The van der Waals surface area contributed by atoms with Gasteiger partial charge in [-0.05, 0) is 37.0 Å². The number of aliphatic hydroxyl groups excluding tert-OH is 1. The van der Waals surface area contributed by atoms with Crippen molar-refractivity contribution < 1.29 is 14.6 Å². The van der Waals surface area contributed by atoms with E-state index in [9.17, 15) is 5.11 Å². The third kappa shape index (κ3) is 2.78. The van der Waals surface area contributed by atoms with Crippen molar-refractivity contribution >= 4 is 0 Å². The Morgan fingerprint density at radius 1 is 1.15 bits per heavy atom. The normalized spacial score (nSPS) is 27.3. The van der Waals surface area contributed by atoms with Gasteiger partial charge < -0.3 is 14.6 Å². The van der Waals surface area contributed by atoms with Crippen LogP contribution in [0, 0.1) is 5.92 Å². The molecule has 2 atom stereocenters. The molecule has 1 aliphatic heterocycles. The molecule has 1 N–H and O–H groups in total. The smallest absolute Gasteiger partial charge is 0.125 e. The summed E-state index contributed by atoms with van der Waals surface area (Å²) >= 11 is 0. The first-order chi connectivity index (χ1) is 9.78. The second-order valence-corrected chi connectivity index (χ2v) is 6.06. The van der Waals surface area contributed by atoms with Crippen LogP contribution in [0.15, 0.2) is 18.2 Å². The van der Waals surface area contributed by atoms with E-state index in [4.69, 9.17) is 9.47 Å². The Morgan fingerprint density at radius 3 is 2.60 bits per heavy atom. The zero-order valence-corrected chi connectivity index (χ0v) is 12.2. The molecule has 0 amide bonds. The van der Waals surface area contributed by atoms with Gasteiger partial charge in [0.2, 0.25) is 0 Å². The molecule has 1 heterocycles. The minimum atomic E-state index is -0.429. The van der Waals surface area contributed by atoms with Gasteiger partial charge in [0.15, 0.2) is 0 Å². The molecule has 3 rings (SSSR count). The molecule has 1 aromatic carbocycles. The van der Waals surface area contributed by atoms with Gasteiger partial charge in [0.25, 0.3) is 0 Å². The van der Waals surface area contributed by atoms with Gasteiger partial charge in [0, 0.05) is 12.0 Å². The van der Waals surface area contributed by atoms with E-state index in [1.165, 1.54) is 38.5 Å². The second kappa shape index (κ2) is 6.04. The maximum Gasteiger partial charge on any atom is 0.125 e. The lowest BCUT2D eigenvalue weighted by Gasteiger charge is -2.34. The number of rotatable bonds is 2. The fourth-order valence-corrected chi connectivity index (χ4v) is 3.55. The third-order valence-electron chi connectivity index (χ3n) is 4.74. The van der Waals surface area contributed by atoms with E-state index in [0.717, 1.165) is 17.1 Å². The maximum absolute atomic E-state index is 10.4. The summed E-state index contributed by atoms with van der Waals surface area (Å²) in [7, 11) is 1.64. The molecule has 20 heavy (non-hydrogen) atoms. The molecular formula is C17H24O3. The molecule has 1 fully saturated rings. The van der Waals surface area contributed by atoms with Gasteiger partial charge in [-0.25, -0.2) is 0 Å². The van der Waals surface area contributed by atoms with Crippen LogP contribution in [-0.4, -0.2) is 18.3 Å². The summed E-state index contributed by atoms with van der Waals surface area (Å²) in [4.78, 5) is 0. The summed E-state index contributed by atoms with van der Waals surface area (Å²) in [6.45, 7) is 0. The van der Waals surface area contributed by atoms with Crippen LogP contribution in [0.1, 0.15) is 56.6 Å². The molecular weight excluding hydrogens is 252 g/mol. The standard InChI is InChI=1S/C17H24O3/c1-19-13-8-9-16-14(10-13)15(18)11-17(20-16)12-6-4-2-3-5-7-12/h8-10,12,15,17-18H,2-7,11H2,1H3/t15-,17?/m1/s1. The van der Waals surface area contributed by atoms with Crippen molar-refractivity contribution in [2.75, 3.05) is 7.11 Å². The molecule has 1 saturated carbocycles. The Bertz CT molecular complexity index is 450. The molecule has 0 spiro atoms. The Labute approximate surface area is 120 Å². The average molecular weight is 276 g/mol. The monoisotopic (exact) mass is 276 g/mol. The Kier molecular flexibility index (Phi) is 4.16. The molecule has 1 aromatic rings. The average Bonchev–Trinajstić information content (AvgIpc) is 2.76. The highest BCUT2D eigenvalue weighted by atomic mass is 16.5. The van der Waals surface area contributed by atoms with Gasteiger partial charge in [-0.2, -0.15) is 0 Å². The number of benzene rings is 1. The molecule has 110 valence electrons. The first-order valence-corrected chi connectivity index (χ1v) is 7.80. The van der Waals surface area contributed by atoms with Gasteiger partial charge >= 0.3 is 0 Å². The molecule has 2 aliphatic rings. The zero-order valence-electron chi connectivity index (χ0n) is 12.2. The molecule has 0 aromatic heterocycles. The predicted octanol–water partition coefficient (Wildman–Crippen LogP) is 3.85. The van der Waals surface area contributed by atoms with Crippen molar-refractivity contribution in [3.05, 3.63) is 23.8 Å². The van der Waals surface area contributed by atoms with Crippen LogP contribution >= 0.6 is 0 Å². The minimum Gasteiger partial charge on any atom is -0.497 e. The van der Waals surface area contributed by atoms with E-state index in [1.54, 1.807) is 7.11 Å². The predicted molar refractivity (Wildman–Crippen MR) is 78.2 cm³/mol. The van der Waals surface area contributed by atoms with E-state index in [1.807, 2.05) is 18.2 Å². The van der Waals surface area contributed by atoms with Crippen molar-refractivity contribution in [2.24, 2.45) is 5.92 Å².